The molecule has 0 spiro atoms. The summed E-state index contributed by atoms with van der Waals surface area (Å²) in [4.78, 5) is 9.36. The van der Waals surface area contributed by atoms with Gasteiger partial charge in [-0.1, -0.05) is 25.0 Å². The molecular formula is C15H15N3S2. The van der Waals surface area contributed by atoms with Gasteiger partial charge in [-0.05, 0) is 25.0 Å². The van der Waals surface area contributed by atoms with Crippen molar-refractivity contribution in [3.05, 3.63) is 29.6 Å². The van der Waals surface area contributed by atoms with E-state index in [9.17, 15) is 0 Å². The van der Waals surface area contributed by atoms with E-state index in [1.807, 2.05) is 6.07 Å². The first-order valence-electron chi connectivity index (χ1n) is 6.96. The number of anilines is 1. The van der Waals surface area contributed by atoms with Crippen molar-refractivity contribution in [3.63, 3.8) is 0 Å². The maximum atomic E-state index is 4.69. The molecule has 102 valence electrons. The molecule has 5 heteroatoms. The molecule has 0 saturated heterocycles. The highest BCUT2D eigenvalue weighted by Crippen LogP contribution is 2.32. The lowest BCUT2D eigenvalue weighted by atomic mass is 10.3. The number of para-hydroxylation sites is 1. The largest absolute Gasteiger partial charge is 0.359 e. The van der Waals surface area contributed by atoms with E-state index in [2.05, 4.69) is 33.9 Å². The molecule has 0 radical (unpaired) electrons. The minimum atomic E-state index is 0.615. The molecule has 1 aliphatic carbocycles. The highest BCUT2D eigenvalue weighted by atomic mass is 32.1. The number of thiazole rings is 2. The first kappa shape index (κ1) is 12.3. The summed E-state index contributed by atoms with van der Waals surface area (Å²) in [6.07, 6.45) is 5.23. The monoisotopic (exact) mass is 301 g/mol. The molecule has 1 N–H and O–H groups in total. The van der Waals surface area contributed by atoms with E-state index in [1.165, 1.54) is 30.4 Å². The van der Waals surface area contributed by atoms with Gasteiger partial charge in [-0.15, -0.1) is 22.7 Å². The maximum absolute atomic E-state index is 4.69. The van der Waals surface area contributed by atoms with E-state index in [4.69, 9.17) is 4.98 Å². The Morgan fingerprint density at radius 1 is 1.10 bits per heavy atom. The van der Waals surface area contributed by atoms with Crippen LogP contribution in [0.4, 0.5) is 5.13 Å². The SMILES string of the molecule is c1ccc2sc(-c3csc(NC4CCCC4)n3)nc2c1. The number of fused-ring (bicyclic) bond motifs is 1. The normalized spacial score (nSPS) is 16.0. The first-order valence-corrected chi connectivity index (χ1v) is 8.66. The van der Waals surface area contributed by atoms with Gasteiger partial charge in [0.1, 0.15) is 10.7 Å². The predicted molar refractivity (Wildman–Crippen MR) is 86.6 cm³/mol. The summed E-state index contributed by atoms with van der Waals surface area (Å²) in [6, 6.07) is 8.86. The quantitative estimate of drug-likeness (QED) is 0.757. The number of aromatic nitrogens is 2. The van der Waals surface area contributed by atoms with E-state index in [-0.39, 0.29) is 0 Å². The Labute approximate surface area is 125 Å². The average Bonchev–Trinajstić information content (AvgIpc) is 3.18. The predicted octanol–water partition coefficient (Wildman–Crippen LogP) is 4.77. The Kier molecular flexibility index (Phi) is 3.16. The fourth-order valence-corrected chi connectivity index (χ4v) is 4.44. The van der Waals surface area contributed by atoms with Crippen LogP contribution in [0.2, 0.25) is 0 Å². The Balaban J connectivity index is 1.60. The maximum Gasteiger partial charge on any atom is 0.183 e. The smallest absolute Gasteiger partial charge is 0.183 e. The molecule has 3 nitrogen and oxygen atoms in total. The molecule has 1 fully saturated rings. The van der Waals surface area contributed by atoms with Gasteiger partial charge in [0.15, 0.2) is 5.13 Å². The van der Waals surface area contributed by atoms with Crippen LogP contribution in [0.3, 0.4) is 0 Å². The molecule has 0 amide bonds. The van der Waals surface area contributed by atoms with Gasteiger partial charge in [-0.2, -0.15) is 0 Å². The van der Waals surface area contributed by atoms with E-state index >= 15 is 0 Å². The van der Waals surface area contributed by atoms with E-state index in [0.29, 0.717) is 6.04 Å². The number of benzene rings is 1. The zero-order chi connectivity index (χ0) is 13.4. The number of hydrogen-bond acceptors (Lipinski definition) is 5. The molecule has 1 aliphatic rings. The molecule has 0 unspecified atom stereocenters. The third-order valence-electron chi connectivity index (χ3n) is 3.70. The van der Waals surface area contributed by atoms with Crippen LogP contribution < -0.4 is 5.32 Å². The van der Waals surface area contributed by atoms with Crippen molar-refractivity contribution in [3.8, 4) is 10.7 Å². The topological polar surface area (TPSA) is 37.8 Å². The lowest BCUT2D eigenvalue weighted by molar-refractivity contribution is 0.754. The Morgan fingerprint density at radius 3 is 2.80 bits per heavy atom. The molecule has 1 saturated carbocycles. The van der Waals surface area contributed by atoms with Crippen LogP contribution in [0.15, 0.2) is 29.6 Å². The standard InChI is InChI=1S/C15H15N3S2/c1-2-6-10(5-1)16-15-18-12(9-19-15)14-17-11-7-3-4-8-13(11)20-14/h3-4,7-10H,1-2,5-6H2,(H,16,18). The van der Waals surface area contributed by atoms with Crippen LogP contribution in [-0.2, 0) is 0 Å². The lowest BCUT2D eigenvalue weighted by Crippen LogP contribution is -2.13. The van der Waals surface area contributed by atoms with Crippen LogP contribution in [0.25, 0.3) is 20.9 Å². The van der Waals surface area contributed by atoms with Crippen molar-refractivity contribution in [1.29, 1.82) is 0 Å². The van der Waals surface area contributed by atoms with Crippen LogP contribution in [0.5, 0.6) is 0 Å². The van der Waals surface area contributed by atoms with Crippen molar-refractivity contribution >= 4 is 38.0 Å². The second-order valence-electron chi connectivity index (χ2n) is 5.15. The summed E-state index contributed by atoms with van der Waals surface area (Å²) in [7, 11) is 0. The minimum Gasteiger partial charge on any atom is -0.359 e. The molecule has 2 heterocycles. The zero-order valence-electron chi connectivity index (χ0n) is 11.0. The molecule has 2 aromatic heterocycles. The third-order valence-corrected chi connectivity index (χ3v) is 5.53. The average molecular weight is 301 g/mol. The van der Waals surface area contributed by atoms with Crippen molar-refractivity contribution in [2.45, 2.75) is 31.7 Å². The van der Waals surface area contributed by atoms with Crippen LogP contribution in [0.1, 0.15) is 25.7 Å². The highest BCUT2D eigenvalue weighted by Gasteiger charge is 2.16. The van der Waals surface area contributed by atoms with Gasteiger partial charge in [0.2, 0.25) is 0 Å². The summed E-state index contributed by atoms with van der Waals surface area (Å²) in [5.41, 5.74) is 2.06. The van der Waals surface area contributed by atoms with Gasteiger partial charge in [0, 0.05) is 11.4 Å². The van der Waals surface area contributed by atoms with Gasteiger partial charge >= 0.3 is 0 Å². The fourth-order valence-electron chi connectivity index (χ4n) is 2.66. The van der Waals surface area contributed by atoms with Gasteiger partial charge in [-0.25, -0.2) is 9.97 Å². The summed E-state index contributed by atoms with van der Waals surface area (Å²) < 4.78 is 1.22. The second-order valence-corrected chi connectivity index (χ2v) is 7.04. The van der Waals surface area contributed by atoms with Gasteiger partial charge in [-0.3, -0.25) is 0 Å². The minimum absolute atomic E-state index is 0.615. The van der Waals surface area contributed by atoms with Crippen molar-refractivity contribution in [2.75, 3.05) is 5.32 Å². The molecule has 1 aromatic carbocycles. The summed E-state index contributed by atoms with van der Waals surface area (Å²) >= 11 is 3.40. The van der Waals surface area contributed by atoms with E-state index in [1.54, 1.807) is 22.7 Å². The van der Waals surface area contributed by atoms with Crippen LogP contribution >= 0.6 is 22.7 Å². The molecule has 0 aliphatic heterocycles. The summed E-state index contributed by atoms with van der Waals surface area (Å²) in [6.45, 7) is 0. The Bertz CT molecular complexity index is 692. The van der Waals surface area contributed by atoms with Crippen LogP contribution in [0, 0.1) is 0 Å². The van der Waals surface area contributed by atoms with E-state index in [0.717, 1.165) is 21.3 Å². The third kappa shape index (κ3) is 2.31. The van der Waals surface area contributed by atoms with Crippen molar-refractivity contribution < 1.29 is 0 Å². The number of rotatable bonds is 3. The molecular weight excluding hydrogens is 286 g/mol. The van der Waals surface area contributed by atoms with Gasteiger partial charge < -0.3 is 5.32 Å². The second kappa shape index (κ2) is 5.14. The number of nitrogens with one attached hydrogen (secondary N) is 1. The number of hydrogen-bond donors (Lipinski definition) is 1. The fraction of sp³-hybridized carbons (Fsp3) is 0.333. The first-order chi connectivity index (χ1) is 9.88. The van der Waals surface area contributed by atoms with Crippen LogP contribution in [-0.4, -0.2) is 16.0 Å². The molecule has 3 aromatic rings. The molecule has 0 bridgehead atoms. The van der Waals surface area contributed by atoms with Gasteiger partial charge in [0.05, 0.1) is 10.2 Å². The molecule has 4 rings (SSSR count). The van der Waals surface area contributed by atoms with Gasteiger partial charge in [0.25, 0.3) is 0 Å². The lowest BCUT2D eigenvalue weighted by Gasteiger charge is -2.09. The number of nitrogens with zero attached hydrogens (tertiary/aromatic N) is 2. The Hall–Kier alpha value is -1.46. The molecule has 20 heavy (non-hydrogen) atoms. The Morgan fingerprint density at radius 2 is 1.95 bits per heavy atom. The molecule has 0 atom stereocenters. The zero-order valence-corrected chi connectivity index (χ0v) is 12.6. The van der Waals surface area contributed by atoms with E-state index < -0.39 is 0 Å². The van der Waals surface area contributed by atoms with Crippen molar-refractivity contribution in [2.24, 2.45) is 0 Å². The summed E-state index contributed by atoms with van der Waals surface area (Å²) in [5.74, 6) is 0. The highest BCUT2D eigenvalue weighted by molar-refractivity contribution is 7.22. The van der Waals surface area contributed by atoms with Crippen molar-refractivity contribution in [1.82, 2.24) is 9.97 Å². The summed E-state index contributed by atoms with van der Waals surface area (Å²) in [5, 5.41) is 7.70.